The number of nitriles is 1. The van der Waals surface area contributed by atoms with Gasteiger partial charge in [0.15, 0.2) is 6.10 Å². The van der Waals surface area contributed by atoms with Crippen molar-refractivity contribution in [3.8, 4) is 17.2 Å². The molecular formula is C57H69N6O10PSi. The second kappa shape index (κ2) is 26.5. The molecule has 3 atom stereocenters. The standard InChI is InChI=1S/C57H69N6O10PSi/c1-40(2)51(63(7)56(67)73-52-48-26-16-14-24-46(48)47-25-15-17-27-49(47)52)54(65)62-50(28-18-35-60-55(59)66)53(64)61-43-31-29-42(30-32-43)39-71-74(68,69-36-19-34-58)70-37-33-41(3)38-72-75(57(4,5)6,44-20-10-8-11-21-44)45-22-12-9-13-23-45/h8-17,20-27,29-33,40,50-52H,18-19,28,35-39H2,1-7H3,(H,61,64)(H,62,65)(H3,59,60,66)/b41-33+/t50-,51-,74?/m0/s1. The van der Waals surface area contributed by atoms with E-state index in [1.54, 1.807) is 44.2 Å². The van der Waals surface area contributed by atoms with Gasteiger partial charge in [-0.3, -0.25) is 28.1 Å². The third kappa shape index (κ3) is 14.9. The molecular weight excluding hydrogens is 988 g/mol. The van der Waals surface area contributed by atoms with E-state index in [4.69, 9.17) is 28.5 Å². The van der Waals surface area contributed by atoms with Crippen LogP contribution >= 0.6 is 7.82 Å². The second-order valence-electron chi connectivity index (χ2n) is 19.7. The zero-order valence-corrected chi connectivity index (χ0v) is 45.6. The lowest BCUT2D eigenvalue weighted by Gasteiger charge is -2.43. The highest BCUT2D eigenvalue weighted by Gasteiger charge is 2.50. The summed E-state index contributed by atoms with van der Waals surface area (Å²) in [5.74, 6) is -1.52. The third-order valence-electron chi connectivity index (χ3n) is 12.9. The van der Waals surface area contributed by atoms with Gasteiger partial charge in [0.1, 0.15) is 12.1 Å². The van der Waals surface area contributed by atoms with E-state index in [0.717, 1.165) is 38.2 Å². The molecule has 0 aliphatic heterocycles. The number of urea groups is 1. The Morgan fingerprint density at radius 2 is 1.39 bits per heavy atom. The van der Waals surface area contributed by atoms with Crippen LogP contribution in [0, 0.1) is 17.2 Å². The summed E-state index contributed by atoms with van der Waals surface area (Å²) in [6.45, 7) is 12.0. The Balaban J connectivity index is 1.08. The maximum atomic E-state index is 14.1. The Hall–Kier alpha value is -6.90. The number of primary amides is 1. The number of nitrogens with zero attached hydrogens (tertiary/aromatic N) is 2. The minimum absolute atomic E-state index is 0.0396. The molecule has 0 radical (unpaired) electrons. The summed E-state index contributed by atoms with van der Waals surface area (Å²) in [4.78, 5) is 54.6. The molecule has 0 aromatic heterocycles. The van der Waals surface area contributed by atoms with Crippen LogP contribution < -0.4 is 32.1 Å². The molecule has 6 rings (SSSR count). The molecule has 16 nitrogen and oxygen atoms in total. The largest absolute Gasteiger partial charge is 0.475 e. The minimum Gasteiger partial charge on any atom is -0.436 e. The second-order valence-corrected chi connectivity index (χ2v) is 25.7. The first-order valence-corrected chi connectivity index (χ1v) is 28.4. The topological polar surface area (TPSA) is 221 Å². The highest BCUT2D eigenvalue weighted by molar-refractivity contribution is 7.48. The fraction of sp³-hybridized carbons (Fsp3) is 0.351. The van der Waals surface area contributed by atoms with Crippen molar-refractivity contribution in [1.82, 2.24) is 15.5 Å². The van der Waals surface area contributed by atoms with Crippen molar-refractivity contribution in [2.45, 2.75) is 90.6 Å². The molecule has 0 saturated heterocycles. The van der Waals surface area contributed by atoms with Gasteiger partial charge in [0.05, 0.1) is 38.9 Å². The average Bonchev–Trinajstić information content (AvgIpc) is 3.70. The molecule has 0 heterocycles. The number of fused-ring (bicyclic) bond motifs is 3. The van der Waals surface area contributed by atoms with Gasteiger partial charge in [-0.25, -0.2) is 14.2 Å². The van der Waals surface area contributed by atoms with Crippen molar-refractivity contribution in [2.24, 2.45) is 11.7 Å². The molecule has 1 aliphatic rings. The predicted octanol–water partition coefficient (Wildman–Crippen LogP) is 9.52. The zero-order valence-electron chi connectivity index (χ0n) is 43.7. The first kappa shape index (κ1) is 57.4. The molecule has 396 valence electrons. The summed E-state index contributed by atoms with van der Waals surface area (Å²) in [6.07, 6.45) is 0.737. The summed E-state index contributed by atoms with van der Waals surface area (Å²) in [5, 5.41) is 19.4. The number of carbonyl (C=O) groups is 4. The van der Waals surface area contributed by atoms with Crippen molar-refractivity contribution in [1.29, 1.82) is 5.26 Å². The maximum absolute atomic E-state index is 14.1. The molecule has 5 amide bonds. The molecule has 1 unspecified atom stereocenters. The normalized spacial score (nSPS) is 14.1. The van der Waals surface area contributed by atoms with Crippen LogP contribution in [-0.4, -0.2) is 82.7 Å². The van der Waals surface area contributed by atoms with Crippen molar-refractivity contribution >= 4 is 56.1 Å². The number of nitrogens with one attached hydrogen (secondary N) is 3. The van der Waals surface area contributed by atoms with E-state index in [1.807, 2.05) is 97.9 Å². The van der Waals surface area contributed by atoms with Crippen LogP contribution in [0.3, 0.4) is 0 Å². The number of likely N-dealkylation sites (N-methyl/N-ethyl adjacent to an activating group) is 1. The highest BCUT2D eigenvalue weighted by atomic mass is 31.2. The van der Waals surface area contributed by atoms with Gasteiger partial charge in [-0.1, -0.05) is 168 Å². The van der Waals surface area contributed by atoms with Crippen LogP contribution in [0.15, 0.2) is 145 Å². The number of amides is 5. The van der Waals surface area contributed by atoms with E-state index < -0.39 is 58.3 Å². The van der Waals surface area contributed by atoms with Gasteiger partial charge in [0, 0.05) is 30.4 Å². The third-order valence-corrected chi connectivity index (χ3v) is 19.3. The van der Waals surface area contributed by atoms with Gasteiger partial charge in [0.2, 0.25) is 11.8 Å². The lowest BCUT2D eigenvalue weighted by Crippen LogP contribution is -2.66. The average molecular weight is 1060 g/mol. The van der Waals surface area contributed by atoms with Crippen LogP contribution in [0.2, 0.25) is 5.04 Å². The Morgan fingerprint density at radius 3 is 1.93 bits per heavy atom. The Kier molecular flexibility index (Phi) is 20.3. The predicted molar refractivity (Wildman–Crippen MR) is 292 cm³/mol. The van der Waals surface area contributed by atoms with Crippen molar-refractivity contribution in [3.63, 3.8) is 0 Å². The number of ether oxygens (including phenoxy) is 1. The van der Waals surface area contributed by atoms with Crippen molar-refractivity contribution in [2.75, 3.05) is 38.7 Å². The molecule has 0 bridgehead atoms. The fourth-order valence-corrected chi connectivity index (χ4v) is 14.9. The number of benzene rings is 5. The Bertz CT molecular complexity index is 2770. The van der Waals surface area contributed by atoms with E-state index in [1.165, 1.54) is 11.9 Å². The summed E-state index contributed by atoms with van der Waals surface area (Å²) in [5.41, 5.74) is 10.7. The maximum Gasteiger partial charge on any atom is 0.475 e. The molecule has 5 aromatic rings. The summed E-state index contributed by atoms with van der Waals surface area (Å²) >= 11 is 0. The number of phosphoric acid groups is 1. The van der Waals surface area contributed by atoms with Gasteiger partial charge >= 0.3 is 19.9 Å². The number of anilines is 1. The number of hydrogen-bond acceptors (Lipinski definition) is 11. The zero-order chi connectivity index (χ0) is 54.2. The van der Waals surface area contributed by atoms with Gasteiger partial charge in [0.25, 0.3) is 8.32 Å². The van der Waals surface area contributed by atoms with Crippen LogP contribution in [0.1, 0.15) is 83.6 Å². The molecule has 0 fully saturated rings. The van der Waals surface area contributed by atoms with Crippen LogP contribution in [0.5, 0.6) is 0 Å². The highest BCUT2D eigenvalue weighted by Crippen LogP contribution is 2.50. The lowest BCUT2D eigenvalue weighted by atomic mass is 10.0. The molecule has 75 heavy (non-hydrogen) atoms. The minimum atomic E-state index is -4.19. The number of hydrogen-bond donors (Lipinski definition) is 4. The molecule has 5 N–H and O–H groups in total. The number of carbonyl (C=O) groups excluding carboxylic acids is 4. The van der Waals surface area contributed by atoms with Crippen LogP contribution in [-0.2, 0) is 43.5 Å². The monoisotopic (exact) mass is 1060 g/mol. The Morgan fingerprint density at radius 1 is 0.813 bits per heavy atom. The SMILES string of the molecule is C/C(=C\COP(=O)(OCCC#N)OCc1ccc(NC(=O)[C@H](CCCNC(N)=O)NC(=O)[C@H](C(C)C)N(C)C(=O)OC2c3ccccc3-c3ccccc32)cc1)CO[Si](c1ccccc1)(c1ccccc1)C(C)(C)C. The number of nitrogens with two attached hydrogens (primary N) is 1. The number of rotatable bonds is 25. The van der Waals surface area contributed by atoms with Crippen LogP contribution in [0.25, 0.3) is 11.1 Å². The van der Waals surface area contributed by atoms with E-state index in [2.05, 4.69) is 61.0 Å². The molecule has 0 spiro atoms. The molecule has 0 saturated carbocycles. The summed E-state index contributed by atoms with van der Waals surface area (Å²) in [7, 11) is -5.52. The lowest BCUT2D eigenvalue weighted by molar-refractivity contribution is -0.131. The number of phosphoric ester groups is 1. The van der Waals surface area contributed by atoms with Gasteiger partial charge in [-0.15, -0.1) is 0 Å². The summed E-state index contributed by atoms with van der Waals surface area (Å²) in [6, 6.07) is 41.7. The van der Waals surface area contributed by atoms with E-state index in [0.29, 0.717) is 17.9 Å². The van der Waals surface area contributed by atoms with Crippen molar-refractivity contribution in [3.05, 3.63) is 162 Å². The Labute approximate surface area is 441 Å². The van der Waals surface area contributed by atoms with Gasteiger partial charge < -0.3 is 30.8 Å². The van der Waals surface area contributed by atoms with E-state index in [-0.39, 0.29) is 56.6 Å². The molecule has 1 aliphatic carbocycles. The quantitative estimate of drug-likeness (QED) is 0.0187. The van der Waals surface area contributed by atoms with Gasteiger partial charge in [-0.2, -0.15) is 5.26 Å². The molecule has 5 aromatic carbocycles. The van der Waals surface area contributed by atoms with E-state index in [9.17, 15) is 29.0 Å². The van der Waals surface area contributed by atoms with E-state index >= 15 is 0 Å². The van der Waals surface area contributed by atoms with Gasteiger partial charge in [-0.05, 0) is 69.9 Å². The van der Waals surface area contributed by atoms with Crippen molar-refractivity contribution < 1.29 is 46.5 Å². The first-order valence-electron chi connectivity index (χ1n) is 25.0. The molecule has 18 heteroatoms. The fourth-order valence-electron chi connectivity index (χ4n) is 9.20. The van der Waals surface area contributed by atoms with Crippen LogP contribution in [0.4, 0.5) is 15.3 Å². The summed E-state index contributed by atoms with van der Waals surface area (Å²) < 4.78 is 44.1. The smallest absolute Gasteiger partial charge is 0.436 e. The first-order chi connectivity index (χ1) is 35.9.